The minimum Gasteiger partial charge on any atom is -0.309 e. The van der Waals surface area contributed by atoms with Crippen LogP contribution in [0.4, 0.5) is 0 Å². The van der Waals surface area contributed by atoms with Crippen molar-refractivity contribution >= 4 is 109 Å². The van der Waals surface area contributed by atoms with Crippen LogP contribution in [0.5, 0.6) is 0 Å². The Morgan fingerprint density at radius 3 is 1.11 bits per heavy atom. The van der Waals surface area contributed by atoms with Crippen molar-refractivity contribution in [2.45, 2.75) is 38.5 Å². The van der Waals surface area contributed by atoms with Crippen LogP contribution in [0.15, 0.2) is 400 Å². The van der Waals surface area contributed by atoms with E-state index in [1.165, 1.54) is 99.4 Å². The van der Waals surface area contributed by atoms with Crippen molar-refractivity contribution < 1.29 is 0 Å². The third-order valence-electron chi connectivity index (χ3n) is 27.7. The molecule has 135 heavy (non-hydrogen) atoms. The summed E-state index contributed by atoms with van der Waals surface area (Å²) in [6, 6.07) is 149. The van der Waals surface area contributed by atoms with Crippen LogP contribution in [0, 0.1) is 45.3 Å². The zero-order valence-electron chi connectivity index (χ0n) is 74.0. The van der Waals surface area contributed by atoms with Gasteiger partial charge in [0.1, 0.15) is 29.8 Å². The Labute approximate surface area is 778 Å². The number of para-hydroxylation sites is 6. The summed E-state index contributed by atoms with van der Waals surface area (Å²) in [6.07, 6.45) is 0. The summed E-state index contributed by atoms with van der Waals surface area (Å²) in [6.45, 7) is 9.31. The summed E-state index contributed by atoms with van der Waals surface area (Å²) in [5, 5.41) is 51.4. The summed E-state index contributed by atoms with van der Waals surface area (Å²) >= 11 is 0. The summed E-state index contributed by atoms with van der Waals surface area (Å²) < 4.78 is 6.41. The molecule has 6 aromatic heterocycles. The highest BCUT2D eigenvalue weighted by Crippen LogP contribution is 2.53. The maximum Gasteiger partial charge on any atom is 0.236 e. The lowest BCUT2D eigenvalue weighted by atomic mass is 9.81. The molecule has 0 spiro atoms. The maximum atomic E-state index is 10.2. The van der Waals surface area contributed by atoms with E-state index in [9.17, 15) is 21.0 Å². The number of benzene rings is 18. The number of fused-ring (bicyclic) bond motifs is 19. The topological polar surface area (TPSA) is 174 Å². The number of hydrogen-bond acceptors (Lipinski definition) is 9. The molecule has 0 unspecified atom stereocenters. The molecular weight excluding hydrogens is 1650 g/mol. The van der Waals surface area contributed by atoms with Crippen molar-refractivity contribution in [1.29, 1.82) is 21.0 Å². The highest BCUT2D eigenvalue weighted by atomic mass is 15.2. The average Bonchev–Trinajstić information content (AvgIpc) is 1.81. The van der Waals surface area contributed by atoms with E-state index in [-0.39, 0.29) is 16.4 Å². The van der Waals surface area contributed by atoms with Gasteiger partial charge in [-0.05, 0) is 232 Å². The van der Waals surface area contributed by atoms with Gasteiger partial charge in [-0.25, -0.2) is 24.9 Å². The van der Waals surface area contributed by atoms with Crippen LogP contribution in [0.25, 0.3) is 216 Å². The molecule has 0 amide bonds. The van der Waals surface area contributed by atoms with Crippen molar-refractivity contribution in [2.24, 2.45) is 0 Å². The van der Waals surface area contributed by atoms with Gasteiger partial charge >= 0.3 is 0 Å². The molecule has 0 N–H and O–H groups in total. The van der Waals surface area contributed by atoms with Gasteiger partial charge in [-0.15, -0.1) is 0 Å². The first kappa shape index (κ1) is 80.0. The molecule has 12 nitrogen and oxygen atoms in total. The van der Waals surface area contributed by atoms with Crippen LogP contribution in [-0.4, -0.2) is 38.6 Å². The zero-order valence-corrected chi connectivity index (χ0v) is 74.0. The van der Waals surface area contributed by atoms with E-state index in [1.807, 2.05) is 114 Å². The fourth-order valence-corrected chi connectivity index (χ4v) is 21.0. The molecule has 0 atom stereocenters. The molecule has 0 bridgehead atoms. The van der Waals surface area contributed by atoms with Crippen molar-refractivity contribution in [3.63, 3.8) is 0 Å². The van der Waals surface area contributed by atoms with Crippen LogP contribution in [0.1, 0.15) is 72.5 Å². The molecule has 18 aromatic carbocycles. The quantitative estimate of drug-likeness (QED) is 0.136. The van der Waals surface area contributed by atoms with Crippen LogP contribution in [0.3, 0.4) is 0 Å². The first-order valence-corrected chi connectivity index (χ1v) is 45.2. The number of nitrogens with zero attached hydrogens (tertiary/aromatic N) is 12. The third-order valence-corrected chi connectivity index (χ3v) is 27.7. The van der Waals surface area contributed by atoms with E-state index in [0.29, 0.717) is 45.4 Å². The second-order valence-electron chi connectivity index (χ2n) is 35.8. The van der Waals surface area contributed by atoms with Gasteiger partial charge in [0.05, 0.1) is 55.2 Å². The number of nitriles is 4. The first-order chi connectivity index (χ1) is 66.3. The van der Waals surface area contributed by atoms with Gasteiger partial charge in [0.15, 0.2) is 23.0 Å². The standard InChI is InChI=1S/2C42H28N4.C39H22N4/c1-42(2)35-12-6-3-9-30(35)31-21-17-28(24-36(31)42)27-18-22-40-34(23-27)32-10-5-8-14-39(32)46(40)29-19-15-26(16-20-29)41-44-37-13-7-4-11-33(37)38(25-43)45-41;1-42(2)35-12-6-3-9-30(35)31-21-19-29(24-36(31)42)27-17-15-26(16-18-27)28-20-22-40-34(23-28)32-10-5-8-14-39(32)46(40)41-44-37-13-7-4-11-33(37)38(25-43)45-41;40-23-34-31-11-3-5-14-36(31)42-39(35(34)24-41)43-37-15-6-4-12-32(37)33-22-28(20-21-38(33)43)25-16-18-27(19-17-25)30-13-7-9-26-8-1-2-10-29(26)30/h2*3-24H,1-2H3;1-22H. The van der Waals surface area contributed by atoms with Gasteiger partial charge in [0.2, 0.25) is 5.95 Å². The fourth-order valence-electron chi connectivity index (χ4n) is 21.0. The highest BCUT2D eigenvalue weighted by molar-refractivity contribution is 6.14. The molecule has 12 heteroatoms. The number of pyridine rings is 1. The minimum atomic E-state index is -0.0394. The van der Waals surface area contributed by atoms with Crippen molar-refractivity contribution in [2.75, 3.05) is 0 Å². The third kappa shape index (κ3) is 13.1. The minimum absolute atomic E-state index is 0.0233. The van der Waals surface area contributed by atoms with Gasteiger partial charge in [0, 0.05) is 70.6 Å². The van der Waals surface area contributed by atoms with E-state index in [4.69, 9.17) is 19.9 Å². The first-order valence-electron chi connectivity index (χ1n) is 45.2. The molecule has 6 heterocycles. The van der Waals surface area contributed by atoms with Gasteiger partial charge in [-0.2, -0.15) is 21.0 Å². The van der Waals surface area contributed by atoms with Crippen molar-refractivity contribution in [3.8, 4) is 131 Å². The van der Waals surface area contributed by atoms with E-state index in [0.717, 1.165) is 110 Å². The van der Waals surface area contributed by atoms with Crippen LogP contribution in [-0.2, 0) is 10.8 Å². The van der Waals surface area contributed by atoms with E-state index < -0.39 is 0 Å². The normalized spacial score (nSPS) is 12.5. The second-order valence-corrected chi connectivity index (χ2v) is 35.8. The lowest BCUT2D eigenvalue weighted by molar-refractivity contribution is 0.660. The van der Waals surface area contributed by atoms with E-state index in [1.54, 1.807) is 0 Å². The molecule has 0 saturated carbocycles. The molecule has 0 saturated heterocycles. The van der Waals surface area contributed by atoms with Gasteiger partial charge < -0.3 is 4.57 Å². The average molecular weight is 1720 g/mol. The van der Waals surface area contributed by atoms with Crippen LogP contribution < -0.4 is 0 Å². The Morgan fingerprint density at radius 2 is 0.578 bits per heavy atom. The van der Waals surface area contributed by atoms with E-state index in [2.05, 4.69) is 357 Å². The Kier molecular flexibility index (Phi) is 18.9. The zero-order chi connectivity index (χ0) is 90.9. The molecule has 2 aliphatic rings. The van der Waals surface area contributed by atoms with Crippen molar-refractivity contribution in [3.05, 3.63) is 445 Å². The van der Waals surface area contributed by atoms with Gasteiger partial charge in [0.25, 0.3) is 0 Å². The Morgan fingerprint density at radius 1 is 0.222 bits per heavy atom. The monoisotopic (exact) mass is 1720 g/mol. The Balaban J connectivity index is 0.000000111. The maximum absolute atomic E-state index is 10.2. The molecule has 0 fully saturated rings. The SMILES string of the molecule is CC1(C)c2ccccc2-c2ccc(-c3ccc(-c4ccc5c(c4)c4ccccc4n5-c4nc(C#N)c5ccccc5n4)cc3)cc21.CC1(C)c2ccccc2-c2ccc(-c3ccc4c(c3)c3ccccc3n4-c3ccc(-c4nc(C#N)c5ccccc5n4)cc3)cc21.N#Cc1c(-n2c3ccccc3c3cc(-c4ccc(-c5cccc6ccccc56)cc4)ccc32)nc2ccccc2c1C#N. The number of hydrogen-bond donors (Lipinski definition) is 0. The lowest BCUT2D eigenvalue weighted by Crippen LogP contribution is -2.14. The lowest BCUT2D eigenvalue weighted by Gasteiger charge is -2.22. The predicted octanol–water partition coefficient (Wildman–Crippen LogP) is 30.0. The predicted molar refractivity (Wildman–Crippen MR) is 548 cm³/mol. The molecule has 0 radical (unpaired) electrons. The Bertz CT molecular complexity index is 9300. The van der Waals surface area contributed by atoms with Gasteiger partial charge in [-0.1, -0.05) is 307 Å². The molecule has 26 rings (SSSR count). The largest absolute Gasteiger partial charge is 0.309 e. The van der Waals surface area contributed by atoms with Crippen LogP contribution in [0.2, 0.25) is 0 Å². The van der Waals surface area contributed by atoms with Crippen LogP contribution >= 0.6 is 0 Å². The van der Waals surface area contributed by atoms with Crippen molar-refractivity contribution in [1.82, 2.24) is 38.6 Å². The molecular formula is C123H78N12. The van der Waals surface area contributed by atoms with Gasteiger partial charge in [-0.3, -0.25) is 9.13 Å². The highest BCUT2D eigenvalue weighted by Gasteiger charge is 2.37. The summed E-state index contributed by atoms with van der Waals surface area (Å²) in [4.78, 5) is 23.9. The summed E-state index contributed by atoms with van der Waals surface area (Å²) in [7, 11) is 0. The molecule has 24 aromatic rings. The number of aromatic nitrogens is 8. The number of rotatable bonds is 9. The molecule has 0 aliphatic heterocycles. The molecule has 630 valence electrons. The summed E-state index contributed by atoms with van der Waals surface area (Å²) in [5.74, 6) is 1.52. The smallest absolute Gasteiger partial charge is 0.236 e. The van der Waals surface area contributed by atoms with E-state index >= 15 is 0 Å². The Hall–Kier alpha value is -18.3. The fraction of sp³-hybridized carbons (Fsp3) is 0.0488. The molecule has 2 aliphatic carbocycles. The second kappa shape index (κ2) is 31.8. The summed E-state index contributed by atoms with van der Waals surface area (Å²) in [5.41, 5.74) is 34.3.